The summed E-state index contributed by atoms with van der Waals surface area (Å²) in [7, 11) is -2.64. The second-order valence-corrected chi connectivity index (χ2v) is 3.68. The summed E-state index contributed by atoms with van der Waals surface area (Å²) < 4.78 is 89.3. The van der Waals surface area contributed by atoms with Crippen LogP contribution in [0.25, 0.3) is 10.9 Å². The maximum absolute atomic E-state index is 8.43. The van der Waals surface area contributed by atoms with Crippen LogP contribution in [0, 0.1) is 0 Å². The number of hydrogen-bond donors (Lipinski definition) is 0. The van der Waals surface area contributed by atoms with Crippen molar-refractivity contribution >= 4 is 10.9 Å². The van der Waals surface area contributed by atoms with Crippen LogP contribution in [0.2, 0.25) is 0 Å². The molecule has 0 spiro atoms. The first-order chi connectivity index (χ1) is 12.4. The maximum atomic E-state index is 8.43. The van der Waals surface area contributed by atoms with Gasteiger partial charge >= 0.3 is 0 Å². The summed E-state index contributed by atoms with van der Waals surface area (Å²) in [6, 6.07) is 4.14. The van der Waals surface area contributed by atoms with Gasteiger partial charge in [-0.3, -0.25) is 0 Å². The van der Waals surface area contributed by atoms with E-state index in [2.05, 4.69) is 0 Å². The zero-order valence-electron chi connectivity index (χ0n) is 20.3. The minimum atomic E-state index is -3.04. The lowest BCUT2D eigenvalue weighted by Gasteiger charge is -2.20. The molecule has 0 N–H and O–H groups in total. The van der Waals surface area contributed by atoms with E-state index in [4.69, 9.17) is 19.8 Å². The zero-order valence-corrected chi connectivity index (χ0v) is 9.27. The van der Waals surface area contributed by atoms with Crippen LogP contribution in [0.1, 0.15) is 22.0 Å². The summed E-state index contributed by atoms with van der Waals surface area (Å²) in [5.74, 6) is 0.0606. The van der Waals surface area contributed by atoms with Crippen molar-refractivity contribution in [1.29, 1.82) is 0 Å². The molecule has 17 heavy (non-hydrogen) atoms. The molecular weight excluding hydrogens is 212 g/mol. The molecule has 3 nitrogen and oxygen atoms in total. The first-order valence-electron chi connectivity index (χ1n) is 10.5. The Morgan fingerprint density at radius 2 is 2.35 bits per heavy atom. The number of likely N-dealkylation sites (N-methyl/N-ethyl adjacent to an activating group) is 1. The van der Waals surface area contributed by atoms with Crippen LogP contribution < -0.4 is 4.74 Å². The van der Waals surface area contributed by atoms with Crippen LogP contribution in [0.4, 0.5) is 0 Å². The van der Waals surface area contributed by atoms with E-state index in [1.165, 1.54) is 37.4 Å². The average Bonchev–Trinajstić information content (AvgIpc) is 2.85. The summed E-state index contributed by atoms with van der Waals surface area (Å²) in [4.78, 5) is 0.192. The predicted octanol–water partition coefficient (Wildman–Crippen LogP) is 2.60. The van der Waals surface area contributed by atoms with E-state index in [1.807, 2.05) is 0 Å². The van der Waals surface area contributed by atoms with Crippen molar-refractivity contribution in [3.8, 4) is 5.75 Å². The summed E-state index contributed by atoms with van der Waals surface area (Å²) in [6.45, 7) is -7.29. The number of ether oxygens (including phenoxy) is 1. The van der Waals surface area contributed by atoms with Gasteiger partial charge in [-0.25, -0.2) is 0 Å². The topological polar surface area (TPSA) is 17.4 Å². The van der Waals surface area contributed by atoms with Gasteiger partial charge in [0.05, 0.1) is 13.9 Å². The van der Waals surface area contributed by atoms with Crippen molar-refractivity contribution in [2.24, 2.45) is 0 Å². The molecule has 2 aromatic rings. The van der Waals surface area contributed by atoms with Crippen LogP contribution in [-0.4, -0.2) is 36.5 Å². The van der Waals surface area contributed by atoms with Crippen molar-refractivity contribution in [1.82, 2.24) is 9.47 Å². The van der Waals surface area contributed by atoms with Gasteiger partial charge in [0.15, 0.2) is 0 Å². The molecule has 1 atom stereocenters. The number of benzene rings is 1. The summed E-state index contributed by atoms with van der Waals surface area (Å²) in [6.07, 6.45) is 1.34. The highest BCUT2D eigenvalue weighted by molar-refractivity contribution is 5.81. The van der Waals surface area contributed by atoms with Gasteiger partial charge in [0.25, 0.3) is 0 Å². The smallest absolute Gasteiger partial charge is 0.119 e. The third-order valence-electron chi connectivity index (χ3n) is 2.49. The highest BCUT2D eigenvalue weighted by atomic mass is 16.5. The molecule has 0 amide bonds. The Balaban J connectivity index is 2.48. The van der Waals surface area contributed by atoms with Crippen LogP contribution in [0.3, 0.4) is 0 Å². The standard InChI is InChI=1S/C14H20N2O/c1-11(15(2)3)10-16-8-7-12-9-13(17-4)5-6-14(12)16/h5-9,11H,10H2,1-4H3/t11-/m1/s1/i2D3,3D3,4D3,10D2. The minimum Gasteiger partial charge on any atom is -0.497 e. The van der Waals surface area contributed by atoms with Gasteiger partial charge in [0, 0.05) is 37.9 Å². The molecule has 1 heterocycles. The number of fused-ring (bicyclic) bond motifs is 1. The number of rotatable bonds is 4. The lowest BCUT2D eigenvalue weighted by molar-refractivity contribution is 0.286. The lowest BCUT2D eigenvalue weighted by Crippen LogP contribution is -2.28. The van der Waals surface area contributed by atoms with Crippen molar-refractivity contribution in [3.63, 3.8) is 0 Å². The number of nitrogens with zero attached hydrogens (tertiary/aromatic N) is 2. The van der Waals surface area contributed by atoms with Gasteiger partial charge in [-0.1, -0.05) is 0 Å². The Bertz CT molecular complexity index is 820. The molecule has 0 unspecified atom stereocenters. The SMILES string of the molecule is [2H]C([2H])([2H])Oc1ccc2c(ccn2C([2H])([2H])[C@@H](C)N(C([2H])([2H])[2H])C([2H])([2H])[2H])c1. The Labute approximate surface area is 118 Å². The van der Waals surface area contributed by atoms with Crippen LogP contribution in [0.5, 0.6) is 5.75 Å². The number of aromatic nitrogens is 1. The first-order valence-corrected chi connectivity index (χ1v) is 5.05. The zero-order chi connectivity index (χ0) is 21.7. The van der Waals surface area contributed by atoms with E-state index >= 15 is 0 Å². The van der Waals surface area contributed by atoms with E-state index in [0.717, 1.165) is 4.57 Å². The van der Waals surface area contributed by atoms with Crippen molar-refractivity contribution in [2.75, 3.05) is 21.0 Å². The van der Waals surface area contributed by atoms with Gasteiger partial charge in [-0.05, 0) is 45.1 Å². The van der Waals surface area contributed by atoms with E-state index < -0.39 is 33.5 Å². The number of hydrogen-bond acceptors (Lipinski definition) is 2. The molecule has 1 aromatic carbocycles. The fraction of sp³-hybridized carbons (Fsp3) is 0.429. The molecule has 3 heteroatoms. The van der Waals surface area contributed by atoms with Gasteiger partial charge in [0.2, 0.25) is 0 Å². The molecule has 0 saturated heterocycles. The molecule has 0 aliphatic rings. The van der Waals surface area contributed by atoms with E-state index in [0.29, 0.717) is 10.9 Å². The second-order valence-electron chi connectivity index (χ2n) is 3.68. The Morgan fingerprint density at radius 1 is 1.47 bits per heavy atom. The quantitative estimate of drug-likeness (QED) is 0.821. The minimum absolute atomic E-state index is 0.0606. The van der Waals surface area contributed by atoms with Gasteiger partial charge in [-0.2, -0.15) is 0 Å². The highest BCUT2D eigenvalue weighted by Gasteiger charge is 2.08. The first kappa shape index (κ1) is 4.32. The van der Waals surface area contributed by atoms with E-state index in [9.17, 15) is 0 Å². The lowest BCUT2D eigenvalue weighted by atomic mass is 10.2. The Morgan fingerprint density at radius 3 is 3.12 bits per heavy atom. The predicted molar refractivity (Wildman–Crippen MR) is 71.6 cm³/mol. The molecule has 0 fully saturated rings. The van der Waals surface area contributed by atoms with Gasteiger partial charge in [0.1, 0.15) is 5.75 Å². The van der Waals surface area contributed by atoms with Gasteiger partial charge in [-0.15, -0.1) is 0 Å². The van der Waals surface area contributed by atoms with E-state index in [-0.39, 0.29) is 10.6 Å². The molecule has 92 valence electrons. The normalized spacial score (nSPS) is 25.9. The summed E-state index contributed by atoms with van der Waals surface area (Å²) >= 11 is 0. The fourth-order valence-corrected chi connectivity index (χ4v) is 1.56. The molecule has 0 aliphatic heterocycles. The largest absolute Gasteiger partial charge is 0.497 e. The van der Waals surface area contributed by atoms with Crippen LogP contribution in [-0.2, 0) is 6.50 Å². The summed E-state index contributed by atoms with van der Waals surface area (Å²) in [5.41, 5.74) is 0.325. The molecular formula is C14H20N2O. The second kappa shape index (κ2) is 4.80. The molecule has 0 bridgehead atoms. The van der Waals surface area contributed by atoms with Crippen molar-refractivity contribution in [2.45, 2.75) is 19.5 Å². The molecule has 0 saturated carbocycles. The molecule has 0 radical (unpaired) electrons. The summed E-state index contributed by atoms with van der Waals surface area (Å²) in [5, 5.41) is 0.451. The Hall–Kier alpha value is -1.48. The fourth-order valence-electron chi connectivity index (χ4n) is 1.56. The van der Waals surface area contributed by atoms with Crippen LogP contribution >= 0.6 is 0 Å². The van der Waals surface area contributed by atoms with Crippen LogP contribution in [0.15, 0.2) is 30.5 Å². The maximum Gasteiger partial charge on any atom is 0.119 e. The third kappa shape index (κ3) is 2.44. The van der Waals surface area contributed by atoms with E-state index in [1.54, 1.807) is 0 Å². The molecule has 2 rings (SSSR count). The average molecular weight is 243 g/mol. The molecule has 1 aromatic heterocycles. The monoisotopic (exact) mass is 243 g/mol. The van der Waals surface area contributed by atoms with Crippen molar-refractivity contribution in [3.05, 3.63) is 30.5 Å². The molecule has 0 aliphatic carbocycles. The van der Waals surface area contributed by atoms with Gasteiger partial charge < -0.3 is 14.2 Å². The Kier molecular flexibility index (Phi) is 1.22. The third-order valence-corrected chi connectivity index (χ3v) is 2.49. The highest BCUT2D eigenvalue weighted by Crippen LogP contribution is 2.22. The van der Waals surface area contributed by atoms with Crippen molar-refractivity contribution < 1.29 is 19.8 Å². The number of methoxy groups -OCH3 is 1.